The van der Waals surface area contributed by atoms with Gasteiger partial charge in [-0.05, 0) is 51.9 Å². The van der Waals surface area contributed by atoms with Crippen LogP contribution in [0.1, 0.15) is 40.0 Å². The predicted octanol–water partition coefficient (Wildman–Crippen LogP) is 1.75. The van der Waals surface area contributed by atoms with Crippen LogP contribution in [0, 0.1) is 5.92 Å². The zero-order valence-corrected chi connectivity index (χ0v) is 12.7. The zero-order valence-electron chi connectivity index (χ0n) is 12.7. The molecule has 110 valence electrons. The van der Waals surface area contributed by atoms with Gasteiger partial charge in [0.05, 0.1) is 13.0 Å². The van der Waals surface area contributed by atoms with Crippen molar-refractivity contribution in [3.05, 3.63) is 0 Å². The van der Waals surface area contributed by atoms with Gasteiger partial charge in [-0.25, -0.2) is 0 Å². The van der Waals surface area contributed by atoms with E-state index in [0.29, 0.717) is 18.9 Å². The minimum absolute atomic E-state index is 0.0201. The zero-order chi connectivity index (χ0) is 13.9. The number of hydrogen-bond donors (Lipinski definition) is 0. The molecule has 4 heteroatoms. The second-order valence-electron chi connectivity index (χ2n) is 5.81. The average molecular weight is 268 g/mol. The molecule has 3 heterocycles. The van der Waals surface area contributed by atoms with Gasteiger partial charge in [-0.1, -0.05) is 13.8 Å². The summed E-state index contributed by atoms with van der Waals surface area (Å²) in [7, 11) is 0. The maximum absolute atomic E-state index is 12.1. The summed E-state index contributed by atoms with van der Waals surface area (Å²) in [6.07, 6.45) is 3.02. The van der Waals surface area contributed by atoms with Crippen LogP contribution in [0.15, 0.2) is 0 Å². The SMILES string of the molecule is CCOC(=O)CC1(N(CC)CC)CN2CCC1CC2. The van der Waals surface area contributed by atoms with Crippen molar-refractivity contribution < 1.29 is 9.53 Å². The first-order chi connectivity index (χ1) is 9.16. The fourth-order valence-electron chi connectivity index (χ4n) is 4.13. The van der Waals surface area contributed by atoms with E-state index in [4.69, 9.17) is 4.74 Å². The number of esters is 1. The van der Waals surface area contributed by atoms with Crippen LogP contribution in [0.4, 0.5) is 0 Å². The van der Waals surface area contributed by atoms with Gasteiger partial charge in [-0.2, -0.15) is 0 Å². The summed E-state index contributed by atoms with van der Waals surface area (Å²) in [6, 6.07) is 0. The van der Waals surface area contributed by atoms with Crippen LogP contribution in [0.2, 0.25) is 0 Å². The molecule has 1 unspecified atom stereocenters. The summed E-state index contributed by atoms with van der Waals surface area (Å²) < 4.78 is 5.23. The Hall–Kier alpha value is -0.610. The predicted molar refractivity (Wildman–Crippen MR) is 76.1 cm³/mol. The molecule has 0 amide bonds. The molecule has 1 atom stereocenters. The van der Waals surface area contributed by atoms with Crippen molar-refractivity contribution in [1.29, 1.82) is 0 Å². The minimum atomic E-state index is -0.0249. The Balaban J connectivity index is 2.20. The van der Waals surface area contributed by atoms with Gasteiger partial charge in [0.25, 0.3) is 0 Å². The van der Waals surface area contributed by atoms with Crippen LogP contribution in [-0.2, 0) is 9.53 Å². The highest BCUT2D eigenvalue weighted by Gasteiger charge is 2.50. The van der Waals surface area contributed by atoms with Crippen LogP contribution in [0.25, 0.3) is 0 Å². The lowest BCUT2D eigenvalue weighted by Gasteiger charge is -2.57. The third-order valence-electron chi connectivity index (χ3n) is 4.99. The molecule has 0 aromatic heterocycles. The Kier molecular flexibility index (Phi) is 4.85. The standard InChI is InChI=1S/C15H28N2O2/c1-4-17(5-2)15(11-14(18)19-6-3)12-16-9-7-13(15)8-10-16/h13H,4-12H2,1-3H3. The molecule has 3 aliphatic rings. The smallest absolute Gasteiger partial charge is 0.307 e. The topological polar surface area (TPSA) is 32.8 Å². The summed E-state index contributed by atoms with van der Waals surface area (Å²) >= 11 is 0. The molecule has 4 nitrogen and oxygen atoms in total. The van der Waals surface area contributed by atoms with Gasteiger partial charge in [-0.15, -0.1) is 0 Å². The van der Waals surface area contributed by atoms with Gasteiger partial charge in [0.1, 0.15) is 0 Å². The quantitative estimate of drug-likeness (QED) is 0.687. The molecule has 0 aliphatic carbocycles. The van der Waals surface area contributed by atoms with Crippen molar-refractivity contribution in [3.63, 3.8) is 0 Å². The summed E-state index contributed by atoms with van der Waals surface area (Å²) in [5.74, 6) is 0.630. The number of nitrogens with zero attached hydrogens (tertiary/aromatic N) is 2. The van der Waals surface area contributed by atoms with E-state index >= 15 is 0 Å². The van der Waals surface area contributed by atoms with Gasteiger partial charge in [-0.3, -0.25) is 9.69 Å². The first-order valence-corrected chi connectivity index (χ1v) is 7.79. The Morgan fingerprint density at radius 3 is 2.32 bits per heavy atom. The average Bonchev–Trinajstić information content (AvgIpc) is 2.41. The molecule has 3 rings (SSSR count). The lowest BCUT2D eigenvalue weighted by Crippen LogP contribution is -2.67. The molecule has 3 fully saturated rings. The fraction of sp³-hybridized carbons (Fsp3) is 0.933. The third kappa shape index (κ3) is 2.79. The van der Waals surface area contributed by atoms with E-state index < -0.39 is 0 Å². The molecule has 0 N–H and O–H groups in total. The molecular formula is C15H28N2O2. The Morgan fingerprint density at radius 2 is 1.89 bits per heavy atom. The molecule has 0 radical (unpaired) electrons. The summed E-state index contributed by atoms with van der Waals surface area (Å²) in [4.78, 5) is 17.1. The number of fused-ring (bicyclic) bond motifs is 3. The van der Waals surface area contributed by atoms with E-state index in [-0.39, 0.29) is 11.5 Å². The molecule has 0 spiro atoms. The second-order valence-corrected chi connectivity index (χ2v) is 5.81. The van der Waals surface area contributed by atoms with Gasteiger partial charge in [0, 0.05) is 12.1 Å². The van der Waals surface area contributed by atoms with Crippen molar-refractivity contribution in [1.82, 2.24) is 9.80 Å². The maximum Gasteiger partial charge on any atom is 0.307 e. The van der Waals surface area contributed by atoms with Crippen LogP contribution >= 0.6 is 0 Å². The lowest BCUT2D eigenvalue weighted by molar-refractivity contribution is -0.153. The van der Waals surface area contributed by atoms with Crippen molar-refractivity contribution in [2.75, 3.05) is 39.3 Å². The number of carbonyl (C=O) groups excluding carboxylic acids is 1. The monoisotopic (exact) mass is 268 g/mol. The summed E-state index contributed by atoms with van der Waals surface area (Å²) in [5.41, 5.74) is 0.0201. The van der Waals surface area contributed by atoms with Gasteiger partial charge in [0.15, 0.2) is 0 Å². The Morgan fingerprint density at radius 1 is 1.26 bits per heavy atom. The van der Waals surface area contributed by atoms with E-state index in [1.807, 2.05) is 6.92 Å². The molecular weight excluding hydrogens is 240 g/mol. The highest BCUT2D eigenvalue weighted by Crippen LogP contribution is 2.42. The molecule has 19 heavy (non-hydrogen) atoms. The number of ether oxygens (including phenoxy) is 1. The van der Waals surface area contributed by atoms with E-state index in [1.54, 1.807) is 0 Å². The van der Waals surface area contributed by atoms with Crippen molar-refractivity contribution in [2.45, 2.75) is 45.6 Å². The largest absolute Gasteiger partial charge is 0.466 e. The van der Waals surface area contributed by atoms with Crippen molar-refractivity contribution >= 4 is 5.97 Å². The number of likely N-dealkylation sites (N-methyl/N-ethyl adjacent to an activating group) is 1. The van der Waals surface area contributed by atoms with E-state index in [2.05, 4.69) is 23.6 Å². The van der Waals surface area contributed by atoms with E-state index in [9.17, 15) is 4.79 Å². The Bertz CT molecular complexity index is 305. The number of rotatable bonds is 6. The maximum atomic E-state index is 12.1. The summed E-state index contributed by atoms with van der Waals surface area (Å²) in [6.45, 7) is 12.3. The Labute approximate surface area is 117 Å². The molecule has 2 bridgehead atoms. The van der Waals surface area contributed by atoms with E-state index in [1.165, 1.54) is 25.9 Å². The van der Waals surface area contributed by atoms with Gasteiger partial charge in [0.2, 0.25) is 0 Å². The van der Waals surface area contributed by atoms with Gasteiger partial charge >= 0.3 is 5.97 Å². The number of carbonyl (C=O) groups is 1. The number of hydrogen-bond acceptors (Lipinski definition) is 4. The molecule has 3 saturated heterocycles. The van der Waals surface area contributed by atoms with Crippen LogP contribution in [0.5, 0.6) is 0 Å². The number of piperidine rings is 3. The van der Waals surface area contributed by atoms with Crippen LogP contribution in [-0.4, -0.2) is 60.6 Å². The minimum Gasteiger partial charge on any atom is -0.466 e. The molecule has 0 aromatic carbocycles. The van der Waals surface area contributed by atoms with E-state index in [0.717, 1.165) is 19.6 Å². The highest BCUT2D eigenvalue weighted by atomic mass is 16.5. The molecule has 0 aromatic rings. The summed E-state index contributed by atoms with van der Waals surface area (Å²) in [5, 5.41) is 0. The van der Waals surface area contributed by atoms with Gasteiger partial charge < -0.3 is 9.64 Å². The first kappa shape index (κ1) is 14.8. The lowest BCUT2D eigenvalue weighted by atomic mass is 9.69. The first-order valence-electron chi connectivity index (χ1n) is 7.79. The normalized spacial score (nSPS) is 33.7. The van der Waals surface area contributed by atoms with Crippen molar-refractivity contribution in [2.24, 2.45) is 5.92 Å². The highest BCUT2D eigenvalue weighted by molar-refractivity contribution is 5.71. The van der Waals surface area contributed by atoms with Crippen molar-refractivity contribution in [3.8, 4) is 0 Å². The van der Waals surface area contributed by atoms with Crippen LogP contribution in [0.3, 0.4) is 0 Å². The fourth-order valence-corrected chi connectivity index (χ4v) is 4.13. The van der Waals surface area contributed by atoms with Crippen LogP contribution < -0.4 is 0 Å². The second kappa shape index (κ2) is 6.23. The molecule has 3 aliphatic heterocycles. The molecule has 0 saturated carbocycles. The third-order valence-corrected chi connectivity index (χ3v) is 4.99.